The lowest BCUT2D eigenvalue weighted by molar-refractivity contribution is 0.777. The molecule has 0 saturated carbocycles. The summed E-state index contributed by atoms with van der Waals surface area (Å²) >= 11 is 0. The van der Waals surface area contributed by atoms with Crippen molar-refractivity contribution >= 4 is 0 Å². The van der Waals surface area contributed by atoms with Crippen LogP contribution in [0.2, 0.25) is 0 Å². The summed E-state index contributed by atoms with van der Waals surface area (Å²) < 4.78 is 2.05. The van der Waals surface area contributed by atoms with Crippen LogP contribution >= 0.6 is 0 Å². The van der Waals surface area contributed by atoms with Gasteiger partial charge in [-0.05, 0) is 0 Å². The van der Waals surface area contributed by atoms with Gasteiger partial charge in [-0.15, -0.1) is 13.2 Å². The highest BCUT2D eigenvalue weighted by Gasteiger charge is 1.95. The molecule has 0 unspecified atom stereocenters. The fourth-order valence-electron chi connectivity index (χ4n) is 0.969. The Labute approximate surface area is 66.9 Å². The van der Waals surface area contributed by atoms with Crippen LogP contribution in [-0.2, 0) is 13.0 Å². The van der Waals surface area contributed by atoms with Gasteiger partial charge in [0.25, 0.3) is 0 Å². The number of imidazole rings is 1. The van der Waals surface area contributed by atoms with Crippen LogP contribution in [0.4, 0.5) is 0 Å². The number of hydrogen-bond donors (Lipinski definition) is 0. The summed E-state index contributed by atoms with van der Waals surface area (Å²) in [5.41, 5.74) is 1.18. The van der Waals surface area contributed by atoms with Crippen molar-refractivity contribution in [1.82, 2.24) is 9.55 Å². The van der Waals surface area contributed by atoms with Gasteiger partial charge in [0.05, 0.1) is 6.33 Å². The monoisotopic (exact) mass is 148 g/mol. The lowest BCUT2D eigenvalue weighted by Gasteiger charge is -2.00. The molecule has 0 atom stereocenters. The van der Waals surface area contributed by atoms with E-state index in [2.05, 4.69) is 22.7 Å². The Morgan fingerprint density at radius 2 is 2.27 bits per heavy atom. The average molecular weight is 148 g/mol. The fourth-order valence-corrected chi connectivity index (χ4v) is 0.969. The van der Waals surface area contributed by atoms with Gasteiger partial charge in [0.2, 0.25) is 0 Å². The summed E-state index contributed by atoms with van der Waals surface area (Å²) in [5, 5.41) is 0. The predicted octanol–water partition coefficient (Wildman–Crippen LogP) is 1.80. The molecule has 0 aliphatic carbocycles. The maximum Gasteiger partial charge on any atom is 0.0951 e. The molecule has 1 aromatic heterocycles. The van der Waals surface area contributed by atoms with E-state index in [-0.39, 0.29) is 0 Å². The Morgan fingerprint density at radius 3 is 2.91 bits per heavy atom. The first-order valence-corrected chi connectivity index (χ1v) is 3.59. The maximum atomic E-state index is 4.03. The van der Waals surface area contributed by atoms with E-state index >= 15 is 0 Å². The first-order chi connectivity index (χ1) is 5.38. The molecule has 0 aliphatic heterocycles. The smallest absolute Gasteiger partial charge is 0.0951 e. The van der Waals surface area contributed by atoms with E-state index in [1.807, 2.05) is 18.3 Å². The maximum absolute atomic E-state index is 4.03. The van der Waals surface area contributed by atoms with Crippen molar-refractivity contribution in [3.8, 4) is 0 Å². The van der Waals surface area contributed by atoms with E-state index in [9.17, 15) is 0 Å². The van der Waals surface area contributed by atoms with Crippen molar-refractivity contribution in [1.29, 1.82) is 0 Å². The molecule has 0 aliphatic rings. The third-order valence-corrected chi connectivity index (χ3v) is 1.48. The third kappa shape index (κ3) is 1.80. The minimum Gasteiger partial charge on any atom is -0.330 e. The number of nitrogens with zero attached hydrogens (tertiary/aromatic N) is 2. The third-order valence-electron chi connectivity index (χ3n) is 1.48. The Kier molecular flexibility index (Phi) is 2.66. The molecule has 0 N–H and O–H groups in total. The summed E-state index contributed by atoms with van der Waals surface area (Å²) in [6.07, 6.45) is 8.25. The molecule has 0 aromatic carbocycles. The van der Waals surface area contributed by atoms with E-state index in [0.29, 0.717) is 0 Å². The average Bonchev–Trinajstić information content (AvgIpc) is 2.39. The number of allylic oxidation sites excluding steroid dienone is 2. The predicted molar refractivity (Wildman–Crippen MR) is 46.3 cm³/mol. The van der Waals surface area contributed by atoms with Crippen molar-refractivity contribution in [2.45, 2.75) is 13.0 Å². The first-order valence-electron chi connectivity index (χ1n) is 3.59. The minimum atomic E-state index is 0.823. The Bertz CT molecular complexity index is 223. The topological polar surface area (TPSA) is 17.8 Å². The van der Waals surface area contributed by atoms with Crippen LogP contribution in [0.3, 0.4) is 0 Å². The van der Waals surface area contributed by atoms with Gasteiger partial charge in [-0.3, -0.25) is 0 Å². The van der Waals surface area contributed by atoms with Crippen molar-refractivity contribution in [2.75, 3.05) is 0 Å². The SMILES string of the molecule is C=CCc1cncn1CC=C. The van der Waals surface area contributed by atoms with Crippen LogP contribution in [0.5, 0.6) is 0 Å². The van der Waals surface area contributed by atoms with E-state index < -0.39 is 0 Å². The highest BCUT2D eigenvalue weighted by atomic mass is 15.0. The quantitative estimate of drug-likeness (QED) is 0.595. The summed E-state index contributed by atoms with van der Waals surface area (Å²) in [7, 11) is 0. The fraction of sp³-hybridized carbons (Fsp3) is 0.222. The second kappa shape index (κ2) is 3.76. The number of hydrogen-bond acceptors (Lipinski definition) is 1. The second-order valence-corrected chi connectivity index (χ2v) is 2.32. The van der Waals surface area contributed by atoms with Gasteiger partial charge in [0, 0.05) is 24.9 Å². The minimum absolute atomic E-state index is 0.823. The van der Waals surface area contributed by atoms with Crippen LogP contribution in [-0.4, -0.2) is 9.55 Å². The van der Waals surface area contributed by atoms with E-state index in [0.717, 1.165) is 13.0 Å². The molecule has 58 valence electrons. The second-order valence-electron chi connectivity index (χ2n) is 2.32. The highest BCUT2D eigenvalue weighted by molar-refractivity contribution is 5.03. The van der Waals surface area contributed by atoms with Gasteiger partial charge >= 0.3 is 0 Å². The molecule has 0 amide bonds. The van der Waals surface area contributed by atoms with Gasteiger partial charge in [0.15, 0.2) is 0 Å². The van der Waals surface area contributed by atoms with Crippen LogP contribution in [0, 0.1) is 0 Å². The van der Waals surface area contributed by atoms with Crippen LogP contribution in [0.25, 0.3) is 0 Å². The zero-order valence-electron chi connectivity index (χ0n) is 6.53. The molecule has 0 saturated heterocycles. The van der Waals surface area contributed by atoms with Gasteiger partial charge in [-0.2, -0.15) is 0 Å². The van der Waals surface area contributed by atoms with E-state index in [4.69, 9.17) is 0 Å². The summed E-state index contributed by atoms with van der Waals surface area (Å²) in [6.45, 7) is 8.15. The van der Waals surface area contributed by atoms with Crippen LogP contribution in [0.1, 0.15) is 5.69 Å². The zero-order chi connectivity index (χ0) is 8.10. The standard InChI is InChI=1S/C9H12N2/c1-3-5-9-7-10-8-11(9)6-4-2/h3-4,7-8H,1-2,5-6H2. The number of aromatic nitrogens is 2. The first kappa shape index (κ1) is 7.79. The van der Waals surface area contributed by atoms with Crippen molar-refractivity contribution in [2.24, 2.45) is 0 Å². The molecule has 0 radical (unpaired) electrons. The van der Waals surface area contributed by atoms with Crippen LogP contribution in [0.15, 0.2) is 37.8 Å². The summed E-state index contributed by atoms with van der Waals surface area (Å²) in [4.78, 5) is 4.03. The summed E-state index contributed by atoms with van der Waals surface area (Å²) in [5.74, 6) is 0. The van der Waals surface area contributed by atoms with Crippen molar-refractivity contribution in [3.05, 3.63) is 43.5 Å². The molecule has 0 fully saturated rings. The molecule has 2 heteroatoms. The summed E-state index contributed by atoms with van der Waals surface area (Å²) in [6, 6.07) is 0. The molecule has 1 heterocycles. The molecular weight excluding hydrogens is 136 g/mol. The highest BCUT2D eigenvalue weighted by Crippen LogP contribution is 2.00. The molecule has 1 aromatic rings. The van der Waals surface area contributed by atoms with E-state index in [1.165, 1.54) is 5.69 Å². The number of rotatable bonds is 4. The van der Waals surface area contributed by atoms with Crippen molar-refractivity contribution in [3.63, 3.8) is 0 Å². The molecule has 0 spiro atoms. The van der Waals surface area contributed by atoms with Crippen molar-refractivity contribution < 1.29 is 0 Å². The largest absolute Gasteiger partial charge is 0.330 e. The molecular formula is C9H12N2. The lowest BCUT2D eigenvalue weighted by atomic mass is 10.3. The molecule has 11 heavy (non-hydrogen) atoms. The molecule has 0 bridgehead atoms. The molecule has 2 nitrogen and oxygen atoms in total. The van der Waals surface area contributed by atoms with Gasteiger partial charge in [-0.25, -0.2) is 4.98 Å². The zero-order valence-corrected chi connectivity index (χ0v) is 6.53. The van der Waals surface area contributed by atoms with Gasteiger partial charge < -0.3 is 4.57 Å². The van der Waals surface area contributed by atoms with Crippen LogP contribution < -0.4 is 0 Å². The lowest BCUT2D eigenvalue weighted by Crippen LogP contribution is -1.97. The normalized spacial score (nSPS) is 9.45. The van der Waals surface area contributed by atoms with Gasteiger partial charge in [-0.1, -0.05) is 12.2 Å². The Hall–Kier alpha value is -1.31. The van der Waals surface area contributed by atoms with Gasteiger partial charge in [0.1, 0.15) is 0 Å². The Morgan fingerprint density at radius 1 is 1.45 bits per heavy atom. The molecule has 1 rings (SSSR count). The van der Waals surface area contributed by atoms with E-state index in [1.54, 1.807) is 6.33 Å². The Balaban J connectivity index is 2.76.